The summed E-state index contributed by atoms with van der Waals surface area (Å²) in [6.45, 7) is 0.146. The minimum Gasteiger partial charge on any atom is -1.00 e. The molecule has 0 heterocycles. The standard InChI is InChI=1S/C23H32F18N.ClH/c1-3-4-5-6-7-8-13-42(2,14-9-11-16(24,25)18(28,29)20(32,33)22(36,37)38)15-10-12-17(26,27)19(30,31)21(34,35)23(39,40)41;/h3-15H2,1-2H3;1H/q+1;/p-1. The zero-order valence-electron chi connectivity index (χ0n) is 22.8. The average Bonchev–Trinajstić information content (AvgIpc) is 2.79. The average molecular weight is 700 g/mol. The lowest BCUT2D eigenvalue weighted by Crippen LogP contribution is -3.00. The molecule has 0 aromatic rings. The quantitative estimate of drug-likeness (QED) is 0.0755. The van der Waals surface area contributed by atoms with Gasteiger partial charge in [-0.1, -0.05) is 32.6 Å². The second kappa shape index (κ2) is 15.1. The monoisotopic (exact) mass is 699 g/mol. The van der Waals surface area contributed by atoms with Crippen LogP contribution in [-0.4, -0.2) is 79.1 Å². The molecule has 20 heteroatoms. The lowest BCUT2D eigenvalue weighted by molar-refractivity contribution is -0.910. The minimum atomic E-state index is -7.13. The molecular weight excluding hydrogens is 668 g/mol. The van der Waals surface area contributed by atoms with Crippen molar-refractivity contribution in [2.75, 3.05) is 26.7 Å². The highest BCUT2D eigenvalue weighted by molar-refractivity contribution is 5.01. The fourth-order valence-corrected chi connectivity index (χ4v) is 4.10. The Morgan fingerprint density at radius 1 is 0.395 bits per heavy atom. The Bertz CT molecular complexity index is 766. The predicted octanol–water partition coefficient (Wildman–Crippen LogP) is 7.29. The van der Waals surface area contributed by atoms with Gasteiger partial charge in [-0.15, -0.1) is 0 Å². The molecule has 0 fully saturated rings. The molecule has 0 N–H and O–H groups in total. The number of hydrogen-bond acceptors (Lipinski definition) is 0. The molecule has 0 atom stereocenters. The Morgan fingerprint density at radius 2 is 0.674 bits per heavy atom. The summed E-state index contributed by atoms with van der Waals surface area (Å²) in [5.41, 5.74) is 0. The summed E-state index contributed by atoms with van der Waals surface area (Å²) in [5.74, 6) is -39.9. The van der Waals surface area contributed by atoms with Crippen LogP contribution in [0.25, 0.3) is 0 Å². The maximum atomic E-state index is 13.9. The molecule has 0 aliphatic rings. The van der Waals surface area contributed by atoms with Gasteiger partial charge < -0.3 is 16.9 Å². The van der Waals surface area contributed by atoms with Crippen molar-refractivity contribution in [3.05, 3.63) is 0 Å². The second-order valence-electron chi connectivity index (χ2n) is 10.5. The maximum absolute atomic E-state index is 13.9. The van der Waals surface area contributed by atoms with Gasteiger partial charge in [0.2, 0.25) is 0 Å². The third-order valence-electron chi connectivity index (χ3n) is 6.85. The van der Waals surface area contributed by atoms with Crippen molar-refractivity contribution in [3.63, 3.8) is 0 Å². The molecule has 262 valence electrons. The summed E-state index contributed by atoms with van der Waals surface area (Å²) in [4.78, 5) is 0. The van der Waals surface area contributed by atoms with Crippen molar-refractivity contribution >= 4 is 0 Å². The summed E-state index contributed by atoms with van der Waals surface area (Å²) >= 11 is 0. The molecule has 0 aliphatic heterocycles. The van der Waals surface area contributed by atoms with Crippen LogP contribution >= 0.6 is 0 Å². The number of alkyl halides is 18. The highest BCUT2D eigenvalue weighted by Crippen LogP contribution is 2.55. The molecule has 0 unspecified atom stereocenters. The van der Waals surface area contributed by atoms with Gasteiger partial charge in [-0.05, 0) is 12.8 Å². The van der Waals surface area contributed by atoms with Crippen LogP contribution in [0.1, 0.15) is 71.1 Å². The van der Waals surface area contributed by atoms with E-state index in [2.05, 4.69) is 0 Å². The smallest absolute Gasteiger partial charge is 0.460 e. The first kappa shape index (κ1) is 44.1. The molecule has 1 nitrogen and oxygen atoms in total. The molecule has 0 aromatic carbocycles. The van der Waals surface area contributed by atoms with E-state index in [-0.39, 0.29) is 25.4 Å². The van der Waals surface area contributed by atoms with Crippen LogP contribution in [0, 0.1) is 0 Å². The van der Waals surface area contributed by atoms with E-state index in [1.165, 1.54) is 0 Å². The molecule has 0 aliphatic carbocycles. The van der Waals surface area contributed by atoms with Crippen LogP contribution in [0.5, 0.6) is 0 Å². The SMILES string of the molecule is CCCCCCCC[N+](C)(CCCC(F)(F)C(F)(F)C(F)(F)C(F)(F)F)CCCC(F)(F)C(F)(F)C(F)(F)C(F)(F)F.[Cl-]. The summed E-state index contributed by atoms with van der Waals surface area (Å²) in [6, 6.07) is 0. The van der Waals surface area contributed by atoms with E-state index in [1.54, 1.807) is 0 Å². The van der Waals surface area contributed by atoms with Gasteiger partial charge in [-0.25, -0.2) is 0 Å². The molecule has 0 amide bonds. The normalized spacial score (nSPS) is 15.1. The third-order valence-corrected chi connectivity index (χ3v) is 6.85. The Balaban J connectivity index is 0. The zero-order valence-corrected chi connectivity index (χ0v) is 23.6. The Hall–Kier alpha value is -1.01. The molecule has 0 saturated carbocycles. The minimum absolute atomic E-state index is 0. The largest absolute Gasteiger partial charge is 1.00 e. The van der Waals surface area contributed by atoms with E-state index in [9.17, 15) is 79.0 Å². The fourth-order valence-electron chi connectivity index (χ4n) is 4.10. The number of unbranched alkanes of at least 4 members (excludes halogenated alkanes) is 5. The maximum Gasteiger partial charge on any atom is 0.460 e. The summed E-state index contributed by atoms with van der Waals surface area (Å²) in [5, 5.41) is 0. The summed E-state index contributed by atoms with van der Waals surface area (Å²) in [6.07, 6.45) is -17.4. The van der Waals surface area contributed by atoms with Crippen molar-refractivity contribution in [1.82, 2.24) is 0 Å². The van der Waals surface area contributed by atoms with Gasteiger partial charge in [-0.3, -0.25) is 0 Å². The van der Waals surface area contributed by atoms with Gasteiger partial charge in [-0.2, -0.15) is 79.0 Å². The lowest BCUT2D eigenvalue weighted by Gasteiger charge is -2.38. The van der Waals surface area contributed by atoms with Crippen molar-refractivity contribution < 1.29 is 95.9 Å². The van der Waals surface area contributed by atoms with Crippen molar-refractivity contribution in [1.29, 1.82) is 0 Å². The van der Waals surface area contributed by atoms with E-state index >= 15 is 0 Å². The van der Waals surface area contributed by atoms with E-state index in [1.807, 2.05) is 6.92 Å². The van der Waals surface area contributed by atoms with Crippen LogP contribution in [0.15, 0.2) is 0 Å². The lowest BCUT2D eigenvalue weighted by atomic mass is 9.98. The molecule has 0 rings (SSSR count). The first-order valence-corrected chi connectivity index (χ1v) is 12.7. The summed E-state index contributed by atoms with van der Waals surface area (Å²) < 4.78 is 235. The number of nitrogens with zero attached hydrogens (tertiary/aromatic N) is 1. The number of halogens is 19. The van der Waals surface area contributed by atoms with Crippen LogP contribution in [0.2, 0.25) is 0 Å². The van der Waals surface area contributed by atoms with Crippen LogP contribution in [-0.2, 0) is 0 Å². The van der Waals surface area contributed by atoms with E-state index in [0.29, 0.717) is 12.8 Å². The van der Waals surface area contributed by atoms with Gasteiger partial charge >= 0.3 is 47.9 Å². The van der Waals surface area contributed by atoms with E-state index < -0.39 is 91.1 Å². The van der Waals surface area contributed by atoms with E-state index in [4.69, 9.17) is 0 Å². The van der Waals surface area contributed by atoms with Gasteiger partial charge in [0.15, 0.2) is 0 Å². The van der Waals surface area contributed by atoms with Crippen molar-refractivity contribution in [2.24, 2.45) is 0 Å². The molecule has 0 spiro atoms. The van der Waals surface area contributed by atoms with Gasteiger partial charge in [0.1, 0.15) is 0 Å². The highest BCUT2D eigenvalue weighted by atomic mass is 35.5. The second-order valence-corrected chi connectivity index (χ2v) is 10.5. The van der Waals surface area contributed by atoms with Gasteiger partial charge in [0.05, 0.1) is 26.7 Å². The highest BCUT2D eigenvalue weighted by Gasteiger charge is 2.82. The molecule has 0 saturated heterocycles. The molecule has 0 radical (unpaired) electrons. The van der Waals surface area contributed by atoms with Crippen molar-refractivity contribution in [2.45, 2.75) is 119 Å². The number of hydrogen-bond donors (Lipinski definition) is 0. The topological polar surface area (TPSA) is 0 Å². The molecule has 0 bridgehead atoms. The van der Waals surface area contributed by atoms with E-state index in [0.717, 1.165) is 26.3 Å². The summed E-state index contributed by atoms with van der Waals surface area (Å²) in [7, 11) is 1.08. The first-order valence-electron chi connectivity index (χ1n) is 12.7. The molecular formula is C23H32ClF18N. The van der Waals surface area contributed by atoms with Crippen LogP contribution < -0.4 is 12.4 Å². The fraction of sp³-hybridized carbons (Fsp3) is 1.00. The first-order chi connectivity index (χ1) is 18.5. The Morgan fingerprint density at radius 3 is 0.977 bits per heavy atom. The number of rotatable bonds is 19. The Kier molecular flexibility index (Phi) is 15.4. The Labute approximate surface area is 242 Å². The molecule has 43 heavy (non-hydrogen) atoms. The van der Waals surface area contributed by atoms with Crippen LogP contribution in [0.4, 0.5) is 79.0 Å². The zero-order chi connectivity index (χ0) is 33.7. The van der Waals surface area contributed by atoms with Gasteiger partial charge in [0, 0.05) is 25.7 Å². The van der Waals surface area contributed by atoms with Crippen LogP contribution in [0.3, 0.4) is 0 Å². The molecule has 0 aromatic heterocycles. The third kappa shape index (κ3) is 10.2. The van der Waals surface area contributed by atoms with Crippen molar-refractivity contribution in [3.8, 4) is 0 Å². The predicted molar refractivity (Wildman–Crippen MR) is 114 cm³/mol. The van der Waals surface area contributed by atoms with Gasteiger partial charge in [0.25, 0.3) is 0 Å². The number of quaternary nitrogens is 1.